The molecule has 0 aliphatic heterocycles. The molecule has 0 aliphatic rings. The van der Waals surface area contributed by atoms with Crippen LogP contribution >= 0.6 is 0 Å². The van der Waals surface area contributed by atoms with E-state index in [9.17, 15) is 5.11 Å². The van der Waals surface area contributed by atoms with Crippen LogP contribution < -0.4 is 0 Å². The lowest BCUT2D eigenvalue weighted by molar-refractivity contribution is 0.151. The fourth-order valence-electron chi connectivity index (χ4n) is 2.99. The SMILES string of the molecule is CCCCCCCCCCCCC(O)CCc1ccccc1. The third kappa shape index (κ3) is 10.8. The molecule has 0 heterocycles. The maximum absolute atomic E-state index is 10.0. The van der Waals surface area contributed by atoms with E-state index < -0.39 is 0 Å². The van der Waals surface area contributed by atoms with Gasteiger partial charge in [-0.2, -0.15) is 0 Å². The molecular formula is C21H36O. The van der Waals surface area contributed by atoms with Crippen molar-refractivity contribution in [2.24, 2.45) is 0 Å². The topological polar surface area (TPSA) is 20.2 Å². The number of hydrogen-bond acceptors (Lipinski definition) is 1. The number of aryl methyl sites for hydroxylation is 1. The minimum atomic E-state index is -0.116. The van der Waals surface area contributed by atoms with Gasteiger partial charge in [0.25, 0.3) is 0 Å². The maximum atomic E-state index is 10.0. The van der Waals surface area contributed by atoms with Gasteiger partial charge in [0.15, 0.2) is 0 Å². The molecule has 0 bridgehead atoms. The first-order chi connectivity index (χ1) is 10.8. The Kier molecular flexibility index (Phi) is 12.1. The second-order valence-corrected chi connectivity index (χ2v) is 6.65. The molecule has 1 aromatic carbocycles. The number of unbranched alkanes of at least 4 members (excludes halogenated alkanes) is 9. The lowest BCUT2D eigenvalue weighted by atomic mass is 10.0. The van der Waals surface area contributed by atoms with E-state index in [1.54, 1.807) is 0 Å². The molecule has 1 unspecified atom stereocenters. The van der Waals surface area contributed by atoms with Crippen molar-refractivity contribution in [3.63, 3.8) is 0 Å². The summed E-state index contributed by atoms with van der Waals surface area (Å²) in [6.07, 6.45) is 16.4. The normalized spacial score (nSPS) is 12.5. The summed E-state index contributed by atoms with van der Waals surface area (Å²) in [4.78, 5) is 0. The van der Waals surface area contributed by atoms with Crippen molar-refractivity contribution in [3.8, 4) is 0 Å². The van der Waals surface area contributed by atoms with Crippen LogP contribution in [0.1, 0.15) is 89.5 Å². The van der Waals surface area contributed by atoms with E-state index in [1.165, 1.54) is 69.8 Å². The van der Waals surface area contributed by atoms with Gasteiger partial charge in [-0.25, -0.2) is 0 Å². The van der Waals surface area contributed by atoms with Crippen molar-refractivity contribution in [3.05, 3.63) is 35.9 Å². The van der Waals surface area contributed by atoms with Gasteiger partial charge in [-0.05, 0) is 24.8 Å². The predicted molar refractivity (Wildman–Crippen MR) is 97.2 cm³/mol. The largest absolute Gasteiger partial charge is 0.393 e. The molecule has 126 valence electrons. The molecule has 0 fully saturated rings. The quantitative estimate of drug-likeness (QED) is 0.400. The maximum Gasteiger partial charge on any atom is 0.0543 e. The monoisotopic (exact) mass is 304 g/mol. The predicted octanol–water partition coefficient (Wildman–Crippen LogP) is 6.29. The van der Waals surface area contributed by atoms with Crippen LogP contribution in [0.2, 0.25) is 0 Å². The van der Waals surface area contributed by atoms with E-state index in [0.29, 0.717) is 0 Å². The average molecular weight is 305 g/mol. The van der Waals surface area contributed by atoms with Crippen molar-refractivity contribution in [1.29, 1.82) is 0 Å². The van der Waals surface area contributed by atoms with Crippen LogP contribution in [-0.2, 0) is 6.42 Å². The van der Waals surface area contributed by atoms with Gasteiger partial charge in [0.2, 0.25) is 0 Å². The molecule has 1 atom stereocenters. The van der Waals surface area contributed by atoms with Gasteiger partial charge in [0.05, 0.1) is 6.10 Å². The van der Waals surface area contributed by atoms with Gasteiger partial charge in [0, 0.05) is 0 Å². The lowest BCUT2D eigenvalue weighted by Crippen LogP contribution is -2.07. The van der Waals surface area contributed by atoms with Crippen molar-refractivity contribution in [2.45, 2.75) is 96.5 Å². The molecule has 1 rings (SSSR count). The molecule has 22 heavy (non-hydrogen) atoms. The van der Waals surface area contributed by atoms with Crippen LogP contribution in [0.25, 0.3) is 0 Å². The van der Waals surface area contributed by atoms with E-state index in [2.05, 4.69) is 31.2 Å². The van der Waals surface area contributed by atoms with Crippen molar-refractivity contribution in [2.75, 3.05) is 0 Å². The van der Waals surface area contributed by atoms with E-state index in [0.717, 1.165) is 19.3 Å². The summed E-state index contributed by atoms with van der Waals surface area (Å²) < 4.78 is 0. The zero-order valence-corrected chi connectivity index (χ0v) is 14.6. The van der Waals surface area contributed by atoms with E-state index in [-0.39, 0.29) is 6.10 Å². The summed E-state index contributed by atoms with van der Waals surface area (Å²) in [5, 5.41) is 10.0. The van der Waals surface area contributed by atoms with Crippen molar-refractivity contribution in [1.82, 2.24) is 0 Å². The zero-order chi connectivity index (χ0) is 15.9. The molecule has 0 saturated carbocycles. The molecule has 1 nitrogen and oxygen atoms in total. The van der Waals surface area contributed by atoms with Crippen LogP contribution in [0.15, 0.2) is 30.3 Å². The zero-order valence-electron chi connectivity index (χ0n) is 14.6. The molecule has 1 heteroatoms. The van der Waals surface area contributed by atoms with Crippen LogP contribution in [0, 0.1) is 0 Å². The summed E-state index contributed by atoms with van der Waals surface area (Å²) in [6, 6.07) is 10.5. The second kappa shape index (κ2) is 13.8. The standard InChI is InChI=1S/C21H36O/c1-2-3-4-5-6-7-8-9-10-14-17-21(22)19-18-20-15-12-11-13-16-20/h11-13,15-16,21-22H,2-10,14,17-19H2,1H3. The molecule has 0 saturated heterocycles. The van der Waals surface area contributed by atoms with Crippen LogP contribution in [0.3, 0.4) is 0 Å². The Morgan fingerprint density at radius 1 is 0.727 bits per heavy atom. The Labute approximate surface area is 138 Å². The van der Waals surface area contributed by atoms with Gasteiger partial charge >= 0.3 is 0 Å². The summed E-state index contributed by atoms with van der Waals surface area (Å²) in [6.45, 7) is 2.27. The fourth-order valence-corrected chi connectivity index (χ4v) is 2.99. The van der Waals surface area contributed by atoms with Crippen molar-refractivity contribution < 1.29 is 5.11 Å². The number of benzene rings is 1. The Balaban J connectivity index is 1.85. The van der Waals surface area contributed by atoms with Gasteiger partial charge in [-0.1, -0.05) is 101 Å². The smallest absolute Gasteiger partial charge is 0.0543 e. The van der Waals surface area contributed by atoms with Crippen molar-refractivity contribution >= 4 is 0 Å². The Morgan fingerprint density at radius 3 is 1.86 bits per heavy atom. The molecule has 1 aromatic rings. The first kappa shape index (κ1) is 19.2. The molecular weight excluding hydrogens is 268 g/mol. The Hall–Kier alpha value is -0.820. The van der Waals surface area contributed by atoms with Gasteiger partial charge in [-0.3, -0.25) is 0 Å². The number of aliphatic hydroxyl groups excluding tert-OH is 1. The summed E-state index contributed by atoms with van der Waals surface area (Å²) >= 11 is 0. The first-order valence-corrected chi connectivity index (χ1v) is 9.55. The number of rotatable bonds is 14. The summed E-state index contributed by atoms with van der Waals surface area (Å²) in [7, 11) is 0. The van der Waals surface area contributed by atoms with Gasteiger partial charge in [0.1, 0.15) is 0 Å². The highest BCUT2D eigenvalue weighted by atomic mass is 16.3. The molecule has 0 amide bonds. The molecule has 0 spiro atoms. The van der Waals surface area contributed by atoms with Crippen LogP contribution in [0.4, 0.5) is 0 Å². The number of hydrogen-bond donors (Lipinski definition) is 1. The van der Waals surface area contributed by atoms with Crippen LogP contribution in [0.5, 0.6) is 0 Å². The number of aliphatic hydroxyl groups is 1. The lowest BCUT2D eigenvalue weighted by Gasteiger charge is -2.10. The van der Waals surface area contributed by atoms with E-state index in [4.69, 9.17) is 0 Å². The highest BCUT2D eigenvalue weighted by Gasteiger charge is 2.04. The van der Waals surface area contributed by atoms with Gasteiger partial charge < -0.3 is 5.11 Å². The van der Waals surface area contributed by atoms with Crippen LogP contribution in [-0.4, -0.2) is 11.2 Å². The highest BCUT2D eigenvalue weighted by Crippen LogP contribution is 2.14. The molecule has 0 aromatic heterocycles. The minimum Gasteiger partial charge on any atom is -0.393 e. The summed E-state index contributed by atoms with van der Waals surface area (Å²) in [5.41, 5.74) is 1.34. The minimum absolute atomic E-state index is 0.116. The molecule has 0 radical (unpaired) electrons. The first-order valence-electron chi connectivity index (χ1n) is 9.55. The fraction of sp³-hybridized carbons (Fsp3) is 0.714. The second-order valence-electron chi connectivity index (χ2n) is 6.65. The third-order valence-corrected chi connectivity index (χ3v) is 4.50. The Morgan fingerprint density at radius 2 is 1.27 bits per heavy atom. The Bertz CT molecular complexity index is 333. The third-order valence-electron chi connectivity index (χ3n) is 4.50. The highest BCUT2D eigenvalue weighted by molar-refractivity contribution is 5.14. The molecule has 0 aliphatic carbocycles. The molecule has 1 N–H and O–H groups in total. The van der Waals surface area contributed by atoms with Gasteiger partial charge in [-0.15, -0.1) is 0 Å². The van der Waals surface area contributed by atoms with E-state index in [1.807, 2.05) is 6.07 Å². The summed E-state index contributed by atoms with van der Waals surface area (Å²) in [5.74, 6) is 0. The average Bonchev–Trinajstić information content (AvgIpc) is 2.55. The van der Waals surface area contributed by atoms with E-state index >= 15 is 0 Å².